The van der Waals surface area contributed by atoms with Crippen molar-refractivity contribution in [2.24, 2.45) is 5.92 Å². The van der Waals surface area contributed by atoms with Crippen LogP contribution in [0.25, 0.3) is 0 Å². The molecule has 3 rings (SSSR count). The van der Waals surface area contributed by atoms with E-state index in [1.165, 1.54) is 0 Å². The lowest BCUT2D eigenvalue weighted by molar-refractivity contribution is -0.143. The molecule has 1 fully saturated rings. The molecule has 0 aliphatic carbocycles. The molecule has 0 saturated carbocycles. The molecule has 5 nitrogen and oxygen atoms in total. The van der Waals surface area contributed by atoms with Crippen LogP contribution in [0, 0.1) is 5.92 Å². The number of methoxy groups -OCH3 is 1. The number of piperidine rings is 1. The van der Waals surface area contributed by atoms with Gasteiger partial charge in [-0.2, -0.15) is 0 Å². The van der Waals surface area contributed by atoms with Gasteiger partial charge in [-0.15, -0.1) is 0 Å². The fourth-order valence-electron chi connectivity index (χ4n) is 3.45. The lowest BCUT2D eigenvalue weighted by Crippen LogP contribution is -2.39. The van der Waals surface area contributed by atoms with Crippen LogP contribution in [0.2, 0.25) is 5.02 Å². The van der Waals surface area contributed by atoms with Gasteiger partial charge in [0.15, 0.2) is 0 Å². The van der Waals surface area contributed by atoms with Gasteiger partial charge in [0.05, 0.1) is 19.1 Å². The summed E-state index contributed by atoms with van der Waals surface area (Å²) in [6, 6.07) is 9.45. The summed E-state index contributed by atoms with van der Waals surface area (Å²) in [4.78, 5) is 17.8. The van der Waals surface area contributed by atoms with Gasteiger partial charge in [0, 0.05) is 23.0 Å². The standard InChI is InChI=1S/C19H21ClN2O3/c1-25-17-5-4-15(20)11-16(17)18(14-3-2-8-21-12-14)22-9-6-13(7-10-22)19(23)24/h2-5,8,11-13,18H,6-7,9-10H2,1H3,(H,23,24). The molecule has 1 aliphatic heterocycles. The number of nitrogens with zero attached hydrogens (tertiary/aromatic N) is 2. The first-order valence-corrected chi connectivity index (χ1v) is 8.68. The summed E-state index contributed by atoms with van der Waals surface area (Å²) < 4.78 is 5.55. The third-order valence-corrected chi connectivity index (χ3v) is 4.97. The summed E-state index contributed by atoms with van der Waals surface area (Å²) in [5, 5.41) is 9.89. The van der Waals surface area contributed by atoms with E-state index < -0.39 is 5.97 Å². The van der Waals surface area contributed by atoms with Crippen LogP contribution in [0.1, 0.15) is 30.0 Å². The summed E-state index contributed by atoms with van der Waals surface area (Å²) in [6.45, 7) is 1.40. The van der Waals surface area contributed by atoms with E-state index in [4.69, 9.17) is 16.3 Å². The van der Waals surface area contributed by atoms with E-state index >= 15 is 0 Å². The first-order chi connectivity index (χ1) is 12.1. The SMILES string of the molecule is COc1ccc(Cl)cc1C(c1cccnc1)N1CCC(C(=O)O)CC1. The van der Waals surface area contributed by atoms with E-state index in [1.54, 1.807) is 19.4 Å². The van der Waals surface area contributed by atoms with Gasteiger partial charge in [0.1, 0.15) is 5.75 Å². The number of carboxylic acid groups (broad SMARTS) is 1. The number of halogens is 1. The Balaban J connectivity index is 1.98. The lowest BCUT2D eigenvalue weighted by atomic mass is 9.91. The fraction of sp³-hybridized carbons (Fsp3) is 0.368. The van der Waals surface area contributed by atoms with Crippen LogP contribution < -0.4 is 4.74 Å². The summed E-state index contributed by atoms with van der Waals surface area (Å²) in [7, 11) is 1.64. The maximum atomic E-state index is 11.2. The molecule has 1 aromatic carbocycles. The van der Waals surface area contributed by atoms with E-state index in [1.807, 2.05) is 30.5 Å². The Morgan fingerprint density at radius 1 is 1.36 bits per heavy atom. The van der Waals surface area contributed by atoms with E-state index in [0.717, 1.165) is 16.9 Å². The Morgan fingerprint density at radius 3 is 2.72 bits per heavy atom. The molecule has 1 N–H and O–H groups in total. The number of likely N-dealkylation sites (tertiary alicyclic amines) is 1. The zero-order valence-electron chi connectivity index (χ0n) is 14.1. The molecule has 25 heavy (non-hydrogen) atoms. The number of aliphatic carboxylic acids is 1. The molecule has 132 valence electrons. The summed E-state index contributed by atoms with van der Waals surface area (Å²) in [5.41, 5.74) is 2.01. The van der Waals surface area contributed by atoms with Gasteiger partial charge in [0.25, 0.3) is 0 Å². The number of hydrogen-bond acceptors (Lipinski definition) is 4. The molecule has 0 bridgehead atoms. The van der Waals surface area contributed by atoms with Crippen LogP contribution in [0.5, 0.6) is 5.75 Å². The van der Waals surface area contributed by atoms with Gasteiger partial charge in [0.2, 0.25) is 0 Å². The molecule has 2 aromatic rings. The molecule has 1 aromatic heterocycles. The molecular formula is C19H21ClN2O3. The predicted octanol–water partition coefficient (Wildman–Crippen LogP) is 3.63. The quantitative estimate of drug-likeness (QED) is 0.882. The summed E-state index contributed by atoms with van der Waals surface area (Å²) in [6.07, 6.45) is 4.85. The highest BCUT2D eigenvalue weighted by molar-refractivity contribution is 6.30. The third kappa shape index (κ3) is 3.94. The largest absolute Gasteiger partial charge is 0.496 e. The van der Waals surface area contributed by atoms with Crippen LogP contribution in [-0.2, 0) is 4.79 Å². The van der Waals surface area contributed by atoms with E-state index in [0.29, 0.717) is 31.0 Å². The van der Waals surface area contributed by atoms with Crippen LogP contribution >= 0.6 is 11.6 Å². The normalized spacial score (nSPS) is 17.2. The van der Waals surface area contributed by atoms with Crippen molar-refractivity contribution in [2.75, 3.05) is 20.2 Å². The van der Waals surface area contributed by atoms with Gasteiger partial charge in [-0.1, -0.05) is 17.7 Å². The Morgan fingerprint density at radius 2 is 2.12 bits per heavy atom. The van der Waals surface area contributed by atoms with Crippen LogP contribution in [0.3, 0.4) is 0 Å². The monoisotopic (exact) mass is 360 g/mol. The smallest absolute Gasteiger partial charge is 0.306 e. The zero-order valence-corrected chi connectivity index (χ0v) is 14.8. The number of ether oxygens (including phenoxy) is 1. The molecule has 1 saturated heterocycles. The number of pyridine rings is 1. The Hall–Kier alpha value is -2.11. The Labute approximate surface area is 152 Å². The van der Waals surface area contributed by atoms with Crippen molar-refractivity contribution in [3.8, 4) is 5.75 Å². The van der Waals surface area contributed by atoms with Crippen molar-refractivity contribution in [3.05, 3.63) is 58.9 Å². The van der Waals surface area contributed by atoms with Crippen LogP contribution in [-0.4, -0.2) is 41.2 Å². The minimum atomic E-state index is -0.710. The number of carboxylic acids is 1. The topological polar surface area (TPSA) is 62.7 Å². The van der Waals surface area contributed by atoms with Crippen molar-refractivity contribution in [1.82, 2.24) is 9.88 Å². The second-order valence-corrected chi connectivity index (χ2v) is 6.66. The second-order valence-electron chi connectivity index (χ2n) is 6.22. The zero-order chi connectivity index (χ0) is 17.8. The highest BCUT2D eigenvalue weighted by Gasteiger charge is 2.31. The molecule has 6 heteroatoms. The molecule has 0 amide bonds. The average Bonchev–Trinajstić information content (AvgIpc) is 2.63. The number of benzene rings is 1. The first-order valence-electron chi connectivity index (χ1n) is 8.30. The van der Waals surface area contributed by atoms with Crippen LogP contribution in [0.15, 0.2) is 42.7 Å². The highest BCUT2D eigenvalue weighted by Crippen LogP contribution is 2.38. The molecule has 1 atom stereocenters. The van der Waals surface area contributed by atoms with Gasteiger partial charge in [-0.05, 0) is 55.8 Å². The molecule has 1 unspecified atom stereocenters. The number of aromatic nitrogens is 1. The minimum Gasteiger partial charge on any atom is -0.496 e. The van der Waals surface area contributed by atoms with Gasteiger partial charge < -0.3 is 9.84 Å². The van der Waals surface area contributed by atoms with Crippen molar-refractivity contribution < 1.29 is 14.6 Å². The van der Waals surface area contributed by atoms with Gasteiger partial charge in [-0.3, -0.25) is 14.7 Å². The Bertz CT molecular complexity index is 731. The molecule has 2 heterocycles. The van der Waals surface area contributed by atoms with Gasteiger partial charge in [-0.25, -0.2) is 0 Å². The maximum Gasteiger partial charge on any atom is 0.306 e. The fourth-order valence-corrected chi connectivity index (χ4v) is 3.63. The predicted molar refractivity (Wildman–Crippen MR) is 96.0 cm³/mol. The molecular weight excluding hydrogens is 340 g/mol. The summed E-state index contributed by atoms with van der Waals surface area (Å²) in [5.74, 6) is -0.219. The minimum absolute atomic E-state index is 0.0721. The summed E-state index contributed by atoms with van der Waals surface area (Å²) >= 11 is 6.24. The average molecular weight is 361 g/mol. The second kappa shape index (κ2) is 7.85. The van der Waals surface area contributed by atoms with E-state index in [-0.39, 0.29) is 12.0 Å². The number of hydrogen-bond donors (Lipinski definition) is 1. The van der Waals surface area contributed by atoms with E-state index in [2.05, 4.69) is 9.88 Å². The molecule has 1 aliphatic rings. The van der Waals surface area contributed by atoms with E-state index in [9.17, 15) is 9.90 Å². The van der Waals surface area contributed by atoms with Crippen molar-refractivity contribution in [3.63, 3.8) is 0 Å². The first kappa shape index (κ1) is 17.7. The third-order valence-electron chi connectivity index (χ3n) is 4.73. The number of rotatable bonds is 5. The molecule has 0 radical (unpaired) electrons. The lowest BCUT2D eigenvalue weighted by Gasteiger charge is -2.37. The van der Waals surface area contributed by atoms with Crippen LogP contribution in [0.4, 0.5) is 0 Å². The van der Waals surface area contributed by atoms with Gasteiger partial charge >= 0.3 is 5.97 Å². The number of carbonyl (C=O) groups is 1. The Kier molecular flexibility index (Phi) is 5.56. The maximum absolute atomic E-state index is 11.2. The molecule has 0 spiro atoms. The van der Waals surface area contributed by atoms with Crippen molar-refractivity contribution in [2.45, 2.75) is 18.9 Å². The highest BCUT2D eigenvalue weighted by atomic mass is 35.5. The van der Waals surface area contributed by atoms with Crippen molar-refractivity contribution in [1.29, 1.82) is 0 Å². The van der Waals surface area contributed by atoms with Crippen molar-refractivity contribution >= 4 is 17.6 Å².